The van der Waals surface area contributed by atoms with Gasteiger partial charge in [-0.1, -0.05) is 49.2 Å². The second kappa shape index (κ2) is 14.2. The highest BCUT2D eigenvalue weighted by Gasteiger charge is 2.37. The van der Waals surface area contributed by atoms with Crippen molar-refractivity contribution in [2.24, 2.45) is 0 Å². The summed E-state index contributed by atoms with van der Waals surface area (Å²) >= 11 is 14.3. The number of hydrogen-bond donors (Lipinski definition) is 1. The molecule has 2 aromatic carbocycles. The number of nitriles is 1. The largest absolute Gasteiger partial charge is 0.444 e. The number of thioether (sulfide) groups is 1. The van der Waals surface area contributed by atoms with E-state index in [0.717, 1.165) is 11.3 Å². The van der Waals surface area contributed by atoms with Gasteiger partial charge >= 0.3 is 6.09 Å². The third-order valence-electron chi connectivity index (χ3n) is 7.13. The molecule has 0 saturated carbocycles. The van der Waals surface area contributed by atoms with Crippen LogP contribution in [-0.2, 0) is 11.2 Å². The van der Waals surface area contributed by atoms with E-state index in [1.54, 1.807) is 23.1 Å². The van der Waals surface area contributed by atoms with Crippen LogP contribution in [0, 0.1) is 24.1 Å². The number of carbonyl (C=O) groups excluding carboxylic acids is 1. The quantitative estimate of drug-likeness (QED) is 0.272. The number of anilines is 1. The molecule has 2 atom stereocenters. The van der Waals surface area contributed by atoms with Crippen molar-refractivity contribution in [1.29, 1.82) is 5.26 Å². The molecule has 1 unspecified atom stereocenters. The van der Waals surface area contributed by atoms with Crippen LogP contribution in [0.3, 0.4) is 0 Å². The zero-order valence-electron chi connectivity index (χ0n) is 25.5. The van der Waals surface area contributed by atoms with Gasteiger partial charge in [0.05, 0.1) is 22.2 Å². The molecule has 1 amide bonds. The number of carbonyl (C=O) groups is 1. The molecule has 0 bridgehead atoms. The molecule has 3 aromatic rings. The van der Waals surface area contributed by atoms with Crippen molar-refractivity contribution in [1.82, 2.24) is 9.88 Å². The second-order valence-corrected chi connectivity index (χ2v) is 12.5. The van der Waals surface area contributed by atoms with Crippen molar-refractivity contribution in [3.05, 3.63) is 51.3 Å². The minimum atomic E-state index is -0.589. The van der Waals surface area contributed by atoms with Gasteiger partial charge in [-0.3, -0.25) is 0 Å². The van der Waals surface area contributed by atoms with Crippen LogP contribution in [0.2, 0.25) is 10.0 Å². The van der Waals surface area contributed by atoms with Crippen molar-refractivity contribution in [3.8, 4) is 17.2 Å². The molecule has 4 rings (SSSR count). The van der Waals surface area contributed by atoms with E-state index in [1.165, 1.54) is 11.8 Å². The molecular weight excluding hydrogens is 594 g/mol. The minimum Gasteiger partial charge on any atom is -0.444 e. The standard InChI is InChI=1S/C30H33Cl2FN4O2S.C2H6/c1-16-26(35-22-12-14-37(17(22)2)29(38)39-30(3,4)5)20-15-18(9-8-13-34)23(19-10-7-11-21(31)24(19)32)25(33)27(20)36-28(16)40-6;1-2/h7,10-11,15,17,22H,8-9,12,14H2,1-6H3,(H,35,36);1-2H3/t17-,22?;/m1./s1. The van der Waals surface area contributed by atoms with Gasteiger partial charge in [0, 0.05) is 46.8 Å². The Bertz CT molecular complexity index is 1500. The zero-order valence-corrected chi connectivity index (χ0v) is 27.8. The van der Waals surface area contributed by atoms with Crippen LogP contribution in [0.4, 0.5) is 14.9 Å². The summed E-state index contributed by atoms with van der Waals surface area (Å²) in [5.41, 5.74) is 2.68. The average molecular weight is 634 g/mol. The first-order chi connectivity index (χ1) is 19.9. The summed E-state index contributed by atoms with van der Waals surface area (Å²) in [5, 5.41) is 14.8. The van der Waals surface area contributed by atoms with Crippen LogP contribution >= 0.6 is 35.0 Å². The molecule has 1 aliphatic rings. The number of benzene rings is 2. The first-order valence-electron chi connectivity index (χ1n) is 14.1. The predicted octanol–water partition coefficient (Wildman–Crippen LogP) is 9.67. The number of nitrogens with zero attached hydrogens (tertiary/aromatic N) is 3. The zero-order chi connectivity index (χ0) is 31.4. The van der Waals surface area contributed by atoms with E-state index in [-0.39, 0.29) is 35.1 Å². The fraction of sp³-hybridized carbons (Fsp3) is 0.469. The third-order valence-corrected chi connectivity index (χ3v) is 8.74. The van der Waals surface area contributed by atoms with E-state index >= 15 is 4.39 Å². The number of ether oxygens (including phenoxy) is 1. The Labute approximate surface area is 262 Å². The highest BCUT2D eigenvalue weighted by Crippen LogP contribution is 2.43. The maximum Gasteiger partial charge on any atom is 0.410 e. The number of aryl methyl sites for hydroxylation is 1. The molecule has 0 spiro atoms. The van der Waals surface area contributed by atoms with Gasteiger partial charge in [-0.2, -0.15) is 5.26 Å². The van der Waals surface area contributed by atoms with Gasteiger partial charge in [0.1, 0.15) is 16.1 Å². The predicted molar refractivity (Wildman–Crippen MR) is 173 cm³/mol. The normalized spacial score (nSPS) is 16.6. The number of pyridine rings is 1. The van der Waals surface area contributed by atoms with Gasteiger partial charge in [0.15, 0.2) is 5.82 Å². The van der Waals surface area contributed by atoms with Gasteiger partial charge < -0.3 is 15.0 Å². The number of hydrogen-bond acceptors (Lipinski definition) is 6. The maximum atomic E-state index is 16.5. The van der Waals surface area contributed by atoms with Crippen LogP contribution < -0.4 is 5.32 Å². The van der Waals surface area contributed by atoms with Crippen LogP contribution in [0.15, 0.2) is 29.3 Å². The Morgan fingerprint density at radius 2 is 2.00 bits per heavy atom. The summed E-state index contributed by atoms with van der Waals surface area (Å²) in [6, 6.07) is 8.93. The lowest BCUT2D eigenvalue weighted by Crippen LogP contribution is -2.42. The van der Waals surface area contributed by atoms with E-state index in [2.05, 4.69) is 11.4 Å². The summed E-state index contributed by atoms with van der Waals surface area (Å²) in [6.07, 6.45) is 2.80. The monoisotopic (exact) mass is 632 g/mol. The molecule has 1 saturated heterocycles. The molecular formula is C32H39Cl2FN4O2S. The molecule has 1 aromatic heterocycles. The van der Waals surface area contributed by atoms with E-state index < -0.39 is 11.4 Å². The van der Waals surface area contributed by atoms with Crippen LogP contribution in [-0.4, -0.2) is 46.5 Å². The number of aromatic nitrogens is 1. The molecule has 1 fully saturated rings. The van der Waals surface area contributed by atoms with Crippen LogP contribution in [0.1, 0.15) is 65.5 Å². The van der Waals surface area contributed by atoms with Gasteiger partial charge in [0.2, 0.25) is 0 Å². The molecule has 10 heteroatoms. The summed E-state index contributed by atoms with van der Waals surface area (Å²) in [5.74, 6) is -0.511. The van der Waals surface area contributed by atoms with Crippen molar-refractivity contribution in [2.75, 3.05) is 18.1 Å². The fourth-order valence-electron chi connectivity index (χ4n) is 5.14. The lowest BCUT2D eigenvalue weighted by Gasteiger charge is -2.29. The lowest BCUT2D eigenvalue weighted by molar-refractivity contribution is 0.0236. The number of rotatable bonds is 6. The van der Waals surface area contributed by atoms with Crippen LogP contribution in [0.5, 0.6) is 0 Å². The molecule has 2 heterocycles. The fourth-order valence-corrected chi connectivity index (χ4v) is 6.13. The van der Waals surface area contributed by atoms with Crippen molar-refractivity contribution < 1.29 is 13.9 Å². The Kier molecular flexibility index (Phi) is 11.4. The van der Waals surface area contributed by atoms with Crippen molar-refractivity contribution in [3.63, 3.8) is 0 Å². The first kappa shape index (κ1) is 33.8. The Morgan fingerprint density at radius 3 is 2.62 bits per heavy atom. The third kappa shape index (κ3) is 7.07. The lowest BCUT2D eigenvalue weighted by atomic mass is 9.92. The van der Waals surface area contributed by atoms with E-state index in [9.17, 15) is 10.1 Å². The number of halogens is 3. The first-order valence-corrected chi connectivity index (χ1v) is 16.1. The molecule has 1 aliphatic heterocycles. The second-order valence-electron chi connectivity index (χ2n) is 11.0. The minimum absolute atomic E-state index is 0.0841. The Morgan fingerprint density at radius 1 is 1.31 bits per heavy atom. The molecule has 226 valence electrons. The van der Waals surface area contributed by atoms with E-state index in [1.807, 2.05) is 60.8 Å². The van der Waals surface area contributed by atoms with Crippen LogP contribution in [0.25, 0.3) is 22.0 Å². The summed E-state index contributed by atoms with van der Waals surface area (Å²) < 4.78 is 22.2. The van der Waals surface area contributed by atoms with E-state index in [4.69, 9.17) is 32.9 Å². The average Bonchev–Trinajstić information content (AvgIpc) is 3.31. The topological polar surface area (TPSA) is 78.3 Å². The highest BCUT2D eigenvalue weighted by atomic mass is 35.5. The smallest absolute Gasteiger partial charge is 0.410 e. The summed E-state index contributed by atoms with van der Waals surface area (Å²) in [7, 11) is 0. The highest BCUT2D eigenvalue weighted by molar-refractivity contribution is 7.98. The number of amides is 1. The molecule has 0 radical (unpaired) electrons. The summed E-state index contributed by atoms with van der Waals surface area (Å²) in [4.78, 5) is 19.3. The Balaban J connectivity index is 0.00000237. The SMILES string of the molecule is CC.CSc1nc2c(F)c(-c3cccc(Cl)c3Cl)c(CCC#N)cc2c(NC2CCN(C(=O)OC(C)(C)C)[C@@H]2C)c1C. The number of fused-ring (bicyclic) bond motifs is 1. The van der Waals surface area contributed by atoms with Crippen molar-refractivity contribution in [2.45, 2.75) is 90.4 Å². The molecule has 1 N–H and O–H groups in total. The summed E-state index contributed by atoms with van der Waals surface area (Å²) in [6.45, 7) is 14.0. The van der Waals surface area contributed by atoms with Gasteiger partial charge in [0.25, 0.3) is 0 Å². The van der Waals surface area contributed by atoms with Gasteiger partial charge in [-0.25, -0.2) is 14.2 Å². The molecule has 6 nitrogen and oxygen atoms in total. The number of likely N-dealkylation sites (tertiary alicyclic amines) is 1. The molecule has 42 heavy (non-hydrogen) atoms. The van der Waals surface area contributed by atoms with Gasteiger partial charge in [-0.15, -0.1) is 11.8 Å². The molecule has 0 aliphatic carbocycles. The van der Waals surface area contributed by atoms with Crippen molar-refractivity contribution >= 4 is 57.6 Å². The maximum absolute atomic E-state index is 16.5. The van der Waals surface area contributed by atoms with E-state index in [0.29, 0.717) is 51.5 Å². The van der Waals surface area contributed by atoms with Gasteiger partial charge in [-0.05, 0) is 71.4 Å². The Hall–Kier alpha value is -2.73. The number of nitrogens with one attached hydrogen (secondary N) is 1.